The van der Waals surface area contributed by atoms with Gasteiger partial charge in [0.25, 0.3) is 0 Å². The van der Waals surface area contributed by atoms with Crippen molar-refractivity contribution in [1.82, 2.24) is 20.2 Å². The van der Waals surface area contributed by atoms with Crippen LogP contribution in [0, 0.1) is 5.92 Å². The van der Waals surface area contributed by atoms with Gasteiger partial charge in [-0.1, -0.05) is 6.07 Å². The van der Waals surface area contributed by atoms with Gasteiger partial charge in [0.1, 0.15) is 17.2 Å². The monoisotopic (exact) mass is 408 g/mol. The Morgan fingerprint density at radius 1 is 1.23 bits per heavy atom. The van der Waals surface area contributed by atoms with E-state index in [-0.39, 0.29) is 30.7 Å². The molecule has 1 aromatic carbocycles. The van der Waals surface area contributed by atoms with Crippen molar-refractivity contribution in [3.8, 4) is 23.0 Å². The molecule has 1 atom stereocenters. The highest BCUT2D eigenvalue weighted by atomic mass is 16.5. The predicted molar refractivity (Wildman–Crippen MR) is 108 cm³/mol. The number of nitrogens with one attached hydrogen (secondary N) is 2. The Morgan fingerprint density at radius 2 is 2.10 bits per heavy atom. The molecule has 1 fully saturated rings. The number of carbonyl (C=O) groups excluding carboxylic acids is 2. The topological polar surface area (TPSA) is 122 Å². The van der Waals surface area contributed by atoms with E-state index in [9.17, 15) is 9.59 Å². The summed E-state index contributed by atoms with van der Waals surface area (Å²) in [5.74, 6) is 0.630. The molecule has 0 spiro atoms. The summed E-state index contributed by atoms with van der Waals surface area (Å²) in [5.41, 5.74) is 1.17. The summed E-state index contributed by atoms with van der Waals surface area (Å²) in [5, 5.41) is 9.41. The van der Waals surface area contributed by atoms with E-state index >= 15 is 0 Å². The van der Waals surface area contributed by atoms with Gasteiger partial charge in [-0.2, -0.15) is 4.98 Å². The number of anilines is 2. The lowest BCUT2D eigenvalue weighted by Crippen LogP contribution is -2.28. The number of rotatable bonds is 6. The highest BCUT2D eigenvalue weighted by molar-refractivity contribution is 6.04. The molecule has 2 aromatic heterocycles. The second kappa shape index (κ2) is 8.19. The lowest BCUT2D eigenvalue weighted by atomic mass is 10.1. The molecular formula is C20H20N6O4. The first-order valence-electron chi connectivity index (χ1n) is 9.26. The summed E-state index contributed by atoms with van der Waals surface area (Å²) in [4.78, 5) is 35.3. The van der Waals surface area contributed by atoms with Gasteiger partial charge in [-0.3, -0.25) is 25.0 Å². The summed E-state index contributed by atoms with van der Waals surface area (Å²) in [7, 11) is 3.07. The quantitative estimate of drug-likeness (QED) is 0.638. The second-order valence-electron chi connectivity index (χ2n) is 6.66. The Balaban J connectivity index is 1.47. The van der Waals surface area contributed by atoms with Crippen molar-refractivity contribution in [2.24, 2.45) is 5.92 Å². The van der Waals surface area contributed by atoms with Crippen molar-refractivity contribution < 1.29 is 19.1 Å². The molecular weight excluding hydrogens is 388 g/mol. The first kappa shape index (κ1) is 19.4. The average Bonchev–Trinajstić information content (AvgIpc) is 3.40. The maximum atomic E-state index is 12.7. The largest absolute Gasteiger partial charge is 0.497 e. The fourth-order valence-corrected chi connectivity index (χ4v) is 3.27. The highest BCUT2D eigenvalue weighted by Gasteiger charge is 2.37. The summed E-state index contributed by atoms with van der Waals surface area (Å²) in [6.45, 7) is 0.214. The number of carbonyl (C=O) groups is 2. The van der Waals surface area contributed by atoms with Gasteiger partial charge >= 0.3 is 0 Å². The van der Waals surface area contributed by atoms with Crippen LogP contribution in [-0.2, 0) is 9.59 Å². The third-order valence-corrected chi connectivity index (χ3v) is 4.80. The molecule has 3 heterocycles. The Labute approximate surface area is 172 Å². The molecule has 1 aliphatic rings. The summed E-state index contributed by atoms with van der Waals surface area (Å²) >= 11 is 0. The molecule has 0 saturated carbocycles. The number of benzene rings is 1. The SMILES string of the molecule is COc1ccc(OC)c(N2CC(C(=O)Nc3n[nH]c(-c4ccccn4)n3)CC2=O)c1. The second-order valence-corrected chi connectivity index (χ2v) is 6.66. The van der Waals surface area contributed by atoms with Crippen LogP contribution in [0.4, 0.5) is 11.6 Å². The number of aromatic amines is 1. The van der Waals surface area contributed by atoms with Crippen LogP contribution in [0.3, 0.4) is 0 Å². The maximum Gasteiger partial charge on any atom is 0.249 e. The highest BCUT2D eigenvalue weighted by Crippen LogP contribution is 2.36. The number of aromatic nitrogens is 4. The average molecular weight is 408 g/mol. The van der Waals surface area contributed by atoms with Crippen LogP contribution in [-0.4, -0.2) is 52.7 Å². The van der Waals surface area contributed by atoms with Crippen LogP contribution in [0.25, 0.3) is 11.5 Å². The summed E-state index contributed by atoms with van der Waals surface area (Å²) in [6, 6.07) is 10.6. The Kier molecular flexibility index (Phi) is 5.29. The van der Waals surface area contributed by atoms with E-state index in [4.69, 9.17) is 9.47 Å². The number of H-pyrrole nitrogens is 1. The molecule has 0 bridgehead atoms. The van der Waals surface area contributed by atoms with Crippen molar-refractivity contribution >= 4 is 23.5 Å². The number of nitrogens with zero attached hydrogens (tertiary/aromatic N) is 4. The van der Waals surface area contributed by atoms with E-state index in [1.54, 1.807) is 43.6 Å². The van der Waals surface area contributed by atoms with Crippen molar-refractivity contribution in [3.05, 3.63) is 42.6 Å². The fraction of sp³-hybridized carbons (Fsp3) is 0.250. The van der Waals surface area contributed by atoms with Crippen LogP contribution in [0.1, 0.15) is 6.42 Å². The predicted octanol–water partition coefficient (Wildman–Crippen LogP) is 1.88. The third-order valence-electron chi connectivity index (χ3n) is 4.80. The van der Waals surface area contributed by atoms with E-state index in [2.05, 4.69) is 25.5 Å². The molecule has 1 aliphatic heterocycles. The zero-order valence-corrected chi connectivity index (χ0v) is 16.5. The first-order chi connectivity index (χ1) is 14.6. The van der Waals surface area contributed by atoms with E-state index in [0.29, 0.717) is 28.7 Å². The first-order valence-corrected chi connectivity index (χ1v) is 9.26. The zero-order valence-electron chi connectivity index (χ0n) is 16.5. The van der Waals surface area contributed by atoms with Crippen molar-refractivity contribution in [3.63, 3.8) is 0 Å². The van der Waals surface area contributed by atoms with Gasteiger partial charge in [0.15, 0.2) is 5.82 Å². The normalized spacial score (nSPS) is 15.9. The lowest BCUT2D eigenvalue weighted by molar-refractivity contribution is -0.122. The van der Waals surface area contributed by atoms with Gasteiger partial charge < -0.3 is 14.4 Å². The van der Waals surface area contributed by atoms with Crippen LogP contribution >= 0.6 is 0 Å². The number of hydrogen-bond acceptors (Lipinski definition) is 7. The molecule has 4 rings (SSSR count). The standard InChI is InChI=1S/C20H20N6O4/c1-29-13-6-7-16(30-2)15(10-13)26-11-12(9-17(26)27)19(28)23-20-22-18(24-25-20)14-5-3-4-8-21-14/h3-8,10,12H,9,11H2,1-2H3,(H2,22,23,24,25,28). The molecule has 10 heteroatoms. The van der Waals surface area contributed by atoms with Gasteiger partial charge in [-0.05, 0) is 24.3 Å². The third kappa shape index (κ3) is 3.79. The van der Waals surface area contributed by atoms with Crippen LogP contribution in [0.2, 0.25) is 0 Å². The van der Waals surface area contributed by atoms with Crippen molar-refractivity contribution in [1.29, 1.82) is 0 Å². The Morgan fingerprint density at radius 3 is 2.83 bits per heavy atom. The van der Waals surface area contributed by atoms with Gasteiger partial charge in [0.2, 0.25) is 17.8 Å². The van der Waals surface area contributed by atoms with E-state index in [0.717, 1.165) is 0 Å². The molecule has 2 N–H and O–H groups in total. The molecule has 2 amide bonds. The number of amides is 2. The molecule has 0 radical (unpaired) electrons. The van der Waals surface area contributed by atoms with Crippen LogP contribution < -0.4 is 19.7 Å². The van der Waals surface area contributed by atoms with Crippen LogP contribution in [0.15, 0.2) is 42.6 Å². The molecule has 3 aromatic rings. The minimum absolute atomic E-state index is 0.0731. The van der Waals surface area contributed by atoms with E-state index in [1.807, 2.05) is 6.07 Å². The lowest BCUT2D eigenvalue weighted by Gasteiger charge is -2.20. The molecule has 30 heavy (non-hydrogen) atoms. The van der Waals surface area contributed by atoms with E-state index in [1.165, 1.54) is 12.0 Å². The van der Waals surface area contributed by atoms with Gasteiger partial charge in [-0.15, -0.1) is 5.10 Å². The number of ether oxygens (including phenoxy) is 2. The minimum Gasteiger partial charge on any atom is -0.497 e. The molecule has 154 valence electrons. The van der Waals surface area contributed by atoms with Gasteiger partial charge in [0.05, 0.1) is 25.8 Å². The Bertz CT molecular complexity index is 1070. The number of hydrogen-bond donors (Lipinski definition) is 2. The fourth-order valence-electron chi connectivity index (χ4n) is 3.27. The molecule has 10 nitrogen and oxygen atoms in total. The maximum absolute atomic E-state index is 12.7. The van der Waals surface area contributed by atoms with Gasteiger partial charge in [-0.25, -0.2) is 0 Å². The summed E-state index contributed by atoms with van der Waals surface area (Å²) in [6.07, 6.45) is 1.71. The number of methoxy groups -OCH3 is 2. The minimum atomic E-state index is -0.551. The number of pyridine rings is 1. The summed E-state index contributed by atoms with van der Waals surface area (Å²) < 4.78 is 10.6. The van der Waals surface area contributed by atoms with Crippen molar-refractivity contribution in [2.75, 3.05) is 31.0 Å². The van der Waals surface area contributed by atoms with E-state index < -0.39 is 5.92 Å². The van der Waals surface area contributed by atoms with Gasteiger partial charge in [0, 0.05) is 25.2 Å². The van der Waals surface area contributed by atoms with Crippen LogP contribution in [0.5, 0.6) is 11.5 Å². The molecule has 1 unspecified atom stereocenters. The zero-order chi connectivity index (χ0) is 21.1. The van der Waals surface area contributed by atoms with Crippen molar-refractivity contribution in [2.45, 2.75) is 6.42 Å². The Hall–Kier alpha value is -3.95. The smallest absolute Gasteiger partial charge is 0.249 e. The molecule has 1 saturated heterocycles. The molecule has 0 aliphatic carbocycles.